The SMILES string of the molecule is O=C(CCOCC(F)(F)F)N1CCN(Cc2cccc(Cl)c2)CC1. The highest BCUT2D eigenvalue weighted by atomic mass is 35.5. The lowest BCUT2D eigenvalue weighted by atomic mass is 10.2. The topological polar surface area (TPSA) is 32.8 Å². The third-order valence-corrected chi connectivity index (χ3v) is 3.98. The molecule has 24 heavy (non-hydrogen) atoms. The number of hydrogen-bond donors (Lipinski definition) is 0. The average molecular weight is 365 g/mol. The summed E-state index contributed by atoms with van der Waals surface area (Å²) < 4.78 is 40.3. The van der Waals surface area contributed by atoms with Crippen LogP contribution in [0.1, 0.15) is 12.0 Å². The largest absolute Gasteiger partial charge is 0.411 e. The van der Waals surface area contributed by atoms with Gasteiger partial charge in [-0.2, -0.15) is 13.2 Å². The number of halogens is 4. The van der Waals surface area contributed by atoms with Crippen LogP contribution < -0.4 is 0 Å². The first-order valence-electron chi connectivity index (χ1n) is 7.72. The molecule has 134 valence electrons. The van der Waals surface area contributed by atoms with Crippen molar-refractivity contribution in [3.63, 3.8) is 0 Å². The highest BCUT2D eigenvalue weighted by Crippen LogP contribution is 2.15. The summed E-state index contributed by atoms with van der Waals surface area (Å²) in [5.41, 5.74) is 1.11. The van der Waals surface area contributed by atoms with Gasteiger partial charge in [-0.3, -0.25) is 9.69 Å². The van der Waals surface area contributed by atoms with Gasteiger partial charge in [0.25, 0.3) is 0 Å². The summed E-state index contributed by atoms with van der Waals surface area (Å²) in [6.45, 7) is 1.83. The van der Waals surface area contributed by atoms with E-state index in [1.807, 2.05) is 24.3 Å². The number of hydrogen-bond acceptors (Lipinski definition) is 3. The number of alkyl halides is 3. The molecule has 1 amide bonds. The minimum Gasteiger partial charge on any atom is -0.372 e. The molecule has 0 unspecified atom stereocenters. The standard InChI is InChI=1S/C16H20ClF3N2O2/c17-14-3-1-2-13(10-14)11-21-5-7-22(8-6-21)15(23)4-9-24-12-16(18,19)20/h1-3,10H,4-9,11-12H2. The van der Waals surface area contributed by atoms with Crippen LogP contribution in [0, 0.1) is 0 Å². The summed E-state index contributed by atoms with van der Waals surface area (Å²) in [5, 5.41) is 0.695. The Hall–Kier alpha value is -1.31. The van der Waals surface area contributed by atoms with Gasteiger partial charge in [-0.05, 0) is 17.7 Å². The van der Waals surface area contributed by atoms with Crippen LogP contribution in [0.25, 0.3) is 0 Å². The molecule has 0 aliphatic carbocycles. The normalized spacial score (nSPS) is 16.4. The molecular formula is C16H20ClF3N2O2. The van der Waals surface area contributed by atoms with Crippen molar-refractivity contribution in [2.24, 2.45) is 0 Å². The zero-order valence-electron chi connectivity index (χ0n) is 13.2. The number of ether oxygens (including phenoxy) is 1. The number of piperazine rings is 1. The van der Waals surface area contributed by atoms with Crippen molar-refractivity contribution in [2.45, 2.75) is 19.1 Å². The smallest absolute Gasteiger partial charge is 0.372 e. The molecule has 0 saturated carbocycles. The third-order valence-electron chi connectivity index (χ3n) is 3.75. The minimum absolute atomic E-state index is 0.0234. The fourth-order valence-corrected chi connectivity index (χ4v) is 2.77. The maximum absolute atomic E-state index is 12.0. The van der Waals surface area contributed by atoms with E-state index in [-0.39, 0.29) is 18.9 Å². The molecule has 0 N–H and O–H groups in total. The first-order chi connectivity index (χ1) is 11.3. The van der Waals surface area contributed by atoms with Gasteiger partial charge in [-0.25, -0.2) is 0 Å². The summed E-state index contributed by atoms with van der Waals surface area (Å²) in [6.07, 6.45) is -4.38. The van der Waals surface area contributed by atoms with E-state index in [1.54, 1.807) is 4.90 Å². The second-order valence-electron chi connectivity index (χ2n) is 5.70. The van der Waals surface area contributed by atoms with E-state index in [2.05, 4.69) is 9.64 Å². The molecule has 2 rings (SSSR count). The Morgan fingerprint density at radius 2 is 1.92 bits per heavy atom. The van der Waals surface area contributed by atoms with Crippen LogP contribution in [0.3, 0.4) is 0 Å². The Morgan fingerprint density at radius 3 is 2.54 bits per heavy atom. The fourth-order valence-electron chi connectivity index (χ4n) is 2.55. The van der Waals surface area contributed by atoms with Crippen LogP contribution in [0.2, 0.25) is 5.02 Å². The van der Waals surface area contributed by atoms with Crippen molar-refractivity contribution in [2.75, 3.05) is 39.4 Å². The van der Waals surface area contributed by atoms with Crippen LogP contribution in [0.4, 0.5) is 13.2 Å². The minimum atomic E-state index is -4.35. The monoisotopic (exact) mass is 364 g/mol. The third kappa shape index (κ3) is 6.67. The van der Waals surface area contributed by atoms with Gasteiger partial charge in [-0.15, -0.1) is 0 Å². The van der Waals surface area contributed by atoms with E-state index in [1.165, 1.54) is 0 Å². The van der Waals surface area contributed by atoms with E-state index >= 15 is 0 Å². The van der Waals surface area contributed by atoms with Crippen molar-refractivity contribution in [3.8, 4) is 0 Å². The van der Waals surface area contributed by atoms with Crippen LogP contribution in [-0.2, 0) is 16.1 Å². The molecule has 1 aromatic carbocycles. The van der Waals surface area contributed by atoms with Crippen molar-refractivity contribution in [1.29, 1.82) is 0 Å². The van der Waals surface area contributed by atoms with Crippen LogP contribution in [-0.4, -0.2) is 61.3 Å². The molecule has 1 fully saturated rings. The molecule has 8 heteroatoms. The Morgan fingerprint density at radius 1 is 1.21 bits per heavy atom. The molecular weight excluding hydrogens is 345 g/mol. The fraction of sp³-hybridized carbons (Fsp3) is 0.562. The molecule has 0 radical (unpaired) electrons. The second kappa shape index (κ2) is 8.69. The zero-order valence-corrected chi connectivity index (χ0v) is 13.9. The highest BCUT2D eigenvalue weighted by molar-refractivity contribution is 6.30. The zero-order chi connectivity index (χ0) is 17.6. The molecule has 1 aliphatic heterocycles. The van der Waals surface area contributed by atoms with Gasteiger partial charge in [0.2, 0.25) is 5.91 Å². The van der Waals surface area contributed by atoms with Crippen molar-refractivity contribution in [1.82, 2.24) is 9.80 Å². The Balaban J connectivity index is 1.67. The van der Waals surface area contributed by atoms with Gasteiger partial charge in [0, 0.05) is 37.7 Å². The van der Waals surface area contributed by atoms with Gasteiger partial charge in [0.1, 0.15) is 6.61 Å². The predicted octanol–water partition coefficient (Wildman–Crippen LogP) is 2.95. The van der Waals surface area contributed by atoms with E-state index in [4.69, 9.17) is 11.6 Å². The molecule has 0 atom stereocenters. The molecule has 1 saturated heterocycles. The molecule has 1 aromatic rings. The van der Waals surface area contributed by atoms with E-state index in [0.29, 0.717) is 18.1 Å². The summed E-state index contributed by atoms with van der Waals surface area (Å²) in [5.74, 6) is -0.167. The van der Waals surface area contributed by atoms with Crippen LogP contribution >= 0.6 is 11.6 Å². The summed E-state index contributed by atoms with van der Waals surface area (Å²) in [7, 11) is 0. The lowest BCUT2D eigenvalue weighted by molar-refractivity contribution is -0.175. The second-order valence-corrected chi connectivity index (χ2v) is 6.14. The molecule has 0 aromatic heterocycles. The van der Waals surface area contributed by atoms with Crippen LogP contribution in [0.5, 0.6) is 0 Å². The maximum Gasteiger partial charge on any atom is 0.411 e. The summed E-state index contributed by atoms with van der Waals surface area (Å²) >= 11 is 5.96. The highest BCUT2D eigenvalue weighted by Gasteiger charge is 2.27. The van der Waals surface area contributed by atoms with E-state index in [9.17, 15) is 18.0 Å². The maximum atomic E-state index is 12.0. The number of amides is 1. The van der Waals surface area contributed by atoms with Crippen molar-refractivity contribution < 1.29 is 22.7 Å². The molecule has 1 aliphatic rings. The first-order valence-corrected chi connectivity index (χ1v) is 8.10. The number of rotatable bonds is 6. The van der Waals surface area contributed by atoms with Crippen LogP contribution in [0.15, 0.2) is 24.3 Å². The van der Waals surface area contributed by atoms with Gasteiger partial charge in [0.15, 0.2) is 0 Å². The molecule has 0 bridgehead atoms. The Kier molecular flexibility index (Phi) is 6.89. The molecule has 0 spiro atoms. The average Bonchev–Trinajstić information content (AvgIpc) is 2.51. The van der Waals surface area contributed by atoms with Crippen molar-refractivity contribution in [3.05, 3.63) is 34.9 Å². The quantitative estimate of drug-likeness (QED) is 0.728. The molecule has 4 nitrogen and oxygen atoms in total. The Bertz CT molecular complexity index is 546. The molecule has 1 heterocycles. The number of carbonyl (C=O) groups excluding carboxylic acids is 1. The number of benzene rings is 1. The van der Waals surface area contributed by atoms with Crippen molar-refractivity contribution >= 4 is 17.5 Å². The lowest BCUT2D eigenvalue weighted by Crippen LogP contribution is -2.48. The summed E-state index contributed by atoms with van der Waals surface area (Å²) in [6, 6.07) is 7.64. The van der Waals surface area contributed by atoms with Gasteiger partial charge < -0.3 is 9.64 Å². The Labute approximate surface area is 144 Å². The summed E-state index contributed by atoms with van der Waals surface area (Å²) in [4.78, 5) is 15.9. The lowest BCUT2D eigenvalue weighted by Gasteiger charge is -2.34. The predicted molar refractivity (Wildman–Crippen MR) is 84.8 cm³/mol. The van der Waals surface area contributed by atoms with Gasteiger partial charge in [0.05, 0.1) is 13.0 Å². The first kappa shape index (κ1) is 19.0. The number of carbonyl (C=O) groups is 1. The van der Waals surface area contributed by atoms with Gasteiger partial charge >= 0.3 is 6.18 Å². The van der Waals surface area contributed by atoms with Gasteiger partial charge in [-0.1, -0.05) is 23.7 Å². The number of nitrogens with zero attached hydrogens (tertiary/aromatic N) is 2. The van der Waals surface area contributed by atoms with E-state index in [0.717, 1.165) is 25.2 Å². The van der Waals surface area contributed by atoms with E-state index < -0.39 is 12.8 Å².